The number of benzene rings is 2. The van der Waals surface area contributed by atoms with Gasteiger partial charge in [0.25, 0.3) is 0 Å². The van der Waals surface area contributed by atoms with Gasteiger partial charge in [-0.1, -0.05) is 56.3 Å². The van der Waals surface area contributed by atoms with E-state index < -0.39 is 11.6 Å². The third kappa shape index (κ3) is 4.57. The second-order valence-corrected chi connectivity index (χ2v) is 8.83. The van der Waals surface area contributed by atoms with E-state index in [4.69, 9.17) is 0 Å². The van der Waals surface area contributed by atoms with E-state index in [9.17, 15) is 8.78 Å². The summed E-state index contributed by atoms with van der Waals surface area (Å²) in [4.78, 5) is 0. The lowest BCUT2D eigenvalue weighted by Gasteiger charge is -2.40. The van der Waals surface area contributed by atoms with Gasteiger partial charge in [0.05, 0.1) is 0 Å². The van der Waals surface area contributed by atoms with Gasteiger partial charge in [-0.2, -0.15) is 0 Å². The second kappa shape index (κ2) is 9.26. The molecule has 1 aliphatic carbocycles. The maximum Gasteiger partial charge on any atom is 0.126 e. The summed E-state index contributed by atoms with van der Waals surface area (Å²) >= 11 is 0. The first kappa shape index (κ1) is 21.0. The molecule has 1 heterocycles. The van der Waals surface area contributed by atoms with Crippen molar-refractivity contribution in [2.75, 3.05) is 13.1 Å². The number of piperidine rings is 1. The minimum Gasteiger partial charge on any atom is -0.316 e. The molecule has 30 heavy (non-hydrogen) atoms. The van der Waals surface area contributed by atoms with Crippen LogP contribution in [0.5, 0.6) is 0 Å². The molecular formula is C27H31F2N. The van der Waals surface area contributed by atoms with Gasteiger partial charge in [0.15, 0.2) is 0 Å². The number of hydrogen-bond donors (Lipinski definition) is 1. The van der Waals surface area contributed by atoms with E-state index in [0.717, 1.165) is 44.0 Å². The molecule has 2 aromatic rings. The Morgan fingerprint density at radius 1 is 1.07 bits per heavy atom. The Labute approximate surface area is 178 Å². The van der Waals surface area contributed by atoms with Crippen LogP contribution in [0.25, 0.3) is 5.57 Å². The zero-order valence-electron chi connectivity index (χ0n) is 17.9. The number of allylic oxidation sites excluding steroid dienone is 4. The van der Waals surface area contributed by atoms with Crippen molar-refractivity contribution in [2.24, 2.45) is 23.7 Å². The van der Waals surface area contributed by atoms with E-state index in [1.165, 1.54) is 28.8 Å². The third-order valence-corrected chi connectivity index (χ3v) is 6.85. The SMILES string of the molecule is CCc1ccccc1C1=CC(C)C([C@H]2CNCC[C@@H]2Cc2cc(F)cc(F)c2)C=C1. The zero-order valence-corrected chi connectivity index (χ0v) is 17.9. The molecule has 4 atom stereocenters. The van der Waals surface area contributed by atoms with E-state index in [-0.39, 0.29) is 0 Å². The Hall–Kier alpha value is -2.26. The first-order chi connectivity index (χ1) is 14.5. The molecule has 2 aliphatic rings. The molecular weight excluding hydrogens is 376 g/mol. The molecule has 1 fully saturated rings. The summed E-state index contributed by atoms with van der Waals surface area (Å²) in [5, 5.41) is 3.55. The lowest BCUT2D eigenvalue weighted by atomic mass is 9.68. The Morgan fingerprint density at radius 2 is 1.83 bits per heavy atom. The van der Waals surface area contributed by atoms with Crippen LogP contribution in [0.4, 0.5) is 8.78 Å². The van der Waals surface area contributed by atoms with Crippen LogP contribution in [-0.4, -0.2) is 13.1 Å². The van der Waals surface area contributed by atoms with Crippen molar-refractivity contribution in [2.45, 2.75) is 33.1 Å². The molecule has 2 unspecified atom stereocenters. The molecule has 1 N–H and O–H groups in total. The molecule has 0 saturated carbocycles. The summed E-state index contributed by atoms with van der Waals surface area (Å²) in [6, 6.07) is 12.6. The van der Waals surface area contributed by atoms with Crippen LogP contribution >= 0.6 is 0 Å². The highest BCUT2D eigenvalue weighted by Crippen LogP contribution is 2.39. The molecule has 0 radical (unpaired) electrons. The largest absolute Gasteiger partial charge is 0.316 e. The van der Waals surface area contributed by atoms with Gasteiger partial charge >= 0.3 is 0 Å². The van der Waals surface area contributed by atoms with Gasteiger partial charge in [0.2, 0.25) is 0 Å². The van der Waals surface area contributed by atoms with E-state index >= 15 is 0 Å². The van der Waals surface area contributed by atoms with Crippen LogP contribution in [0.3, 0.4) is 0 Å². The minimum atomic E-state index is -0.483. The average molecular weight is 408 g/mol. The number of halogens is 2. The minimum absolute atomic E-state index is 0.419. The van der Waals surface area contributed by atoms with Crippen LogP contribution in [0, 0.1) is 35.3 Å². The summed E-state index contributed by atoms with van der Waals surface area (Å²) in [6.45, 7) is 6.42. The predicted molar refractivity (Wildman–Crippen MR) is 120 cm³/mol. The predicted octanol–water partition coefficient (Wildman–Crippen LogP) is 6.20. The molecule has 0 spiro atoms. The normalized spacial score (nSPS) is 26.5. The van der Waals surface area contributed by atoms with Crippen molar-refractivity contribution in [3.05, 3.63) is 89.0 Å². The number of aryl methyl sites for hydroxylation is 1. The Kier molecular flexibility index (Phi) is 6.48. The second-order valence-electron chi connectivity index (χ2n) is 8.83. The maximum absolute atomic E-state index is 13.7. The Morgan fingerprint density at radius 3 is 2.57 bits per heavy atom. The highest BCUT2D eigenvalue weighted by atomic mass is 19.1. The highest BCUT2D eigenvalue weighted by Gasteiger charge is 2.34. The van der Waals surface area contributed by atoms with Crippen LogP contribution in [0.2, 0.25) is 0 Å². The van der Waals surface area contributed by atoms with E-state index in [1.54, 1.807) is 0 Å². The van der Waals surface area contributed by atoms with Gasteiger partial charge in [-0.25, -0.2) is 8.78 Å². The number of nitrogens with one attached hydrogen (secondary N) is 1. The fourth-order valence-corrected chi connectivity index (χ4v) is 5.33. The molecule has 0 amide bonds. The lowest BCUT2D eigenvalue weighted by Crippen LogP contribution is -2.42. The summed E-state index contributed by atoms with van der Waals surface area (Å²) < 4.78 is 27.4. The number of rotatable bonds is 5. The molecule has 2 aromatic carbocycles. The topological polar surface area (TPSA) is 12.0 Å². The third-order valence-electron chi connectivity index (χ3n) is 6.85. The molecule has 1 saturated heterocycles. The van der Waals surface area contributed by atoms with Gasteiger partial charge in [-0.15, -0.1) is 0 Å². The van der Waals surface area contributed by atoms with Crippen molar-refractivity contribution in [1.82, 2.24) is 5.32 Å². The van der Waals surface area contributed by atoms with Gasteiger partial charge in [-0.3, -0.25) is 0 Å². The fourth-order valence-electron chi connectivity index (χ4n) is 5.33. The van der Waals surface area contributed by atoms with Gasteiger partial charge in [-0.05, 0) is 90.4 Å². The molecule has 0 aromatic heterocycles. The molecule has 1 aliphatic heterocycles. The van der Waals surface area contributed by atoms with E-state index in [1.807, 2.05) is 0 Å². The van der Waals surface area contributed by atoms with Crippen molar-refractivity contribution in [3.8, 4) is 0 Å². The standard InChI is InChI=1S/C27H31F2N/c1-3-20-6-4-5-7-26(20)21-8-9-25(18(2)12-21)27-17-30-11-10-22(27)13-19-14-23(28)16-24(29)15-19/h4-9,12,14-16,18,22,25,27,30H,3,10-11,13,17H2,1-2H3/t18?,22-,25?,27+/m1/s1. The van der Waals surface area contributed by atoms with Crippen LogP contribution in [-0.2, 0) is 12.8 Å². The molecule has 0 bridgehead atoms. The van der Waals surface area contributed by atoms with Crippen LogP contribution in [0.1, 0.15) is 37.0 Å². The van der Waals surface area contributed by atoms with E-state index in [0.29, 0.717) is 23.7 Å². The molecule has 1 nitrogen and oxygen atoms in total. The van der Waals surface area contributed by atoms with E-state index in [2.05, 4.69) is 61.7 Å². The summed E-state index contributed by atoms with van der Waals surface area (Å²) in [6.07, 6.45) is 9.86. The monoisotopic (exact) mass is 407 g/mol. The number of hydrogen-bond acceptors (Lipinski definition) is 1. The Balaban J connectivity index is 1.54. The van der Waals surface area contributed by atoms with Gasteiger partial charge < -0.3 is 5.32 Å². The summed E-state index contributed by atoms with van der Waals surface area (Å²) in [7, 11) is 0. The smallest absolute Gasteiger partial charge is 0.126 e. The quantitative estimate of drug-likeness (QED) is 0.622. The van der Waals surface area contributed by atoms with Crippen molar-refractivity contribution in [3.63, 3.8) is 0 Å². The van der Waals surface area contributed by atoms with Gasteiger partial charge in [0.1, 0.15) is 11.6 Å². The summed E-state index contributed by atoms with van der Waals surface area (Å²) in [5.74, 6) is 0.760. The van der Waals surface area contributed by atoms with Crippen molar-refractivity contribution < 1.29 is 8.78 Å². The molecule has 3 heteroatoms. The molecule has 158 valence electrons. The zero-order chi connectivity index (χ0) is 21.1. The first-order valence-electron chi connectivity index (χ1n) is 11.2. The first-order valence-corrected chi connectivity index (χ1v) is 11.2. The van der Waals surface area contributed by atoms with Crippen molar-refractivity contribution in [1.29, 1.82) is 0 Å². The maximum atomic E-state index is 13.7. The lowest BCUT2D eigenvalue weighted by molar-refractivity contribution is 0.177. The highest BCUT2D eigenvalue weighted by molar-refractivity contribution is 5.77. The Bertz CT molecular complexity index is 925. The summed E-state index contributed by atoms with van der Waals surface area (Å²) in [5.41, 5.74) is 4.79. The fraction of sp³-hybridized carbons (Fsp3) is 0.407. The van der Waals surface area contributed by atoms with Gasteiger partial charge in [0, 0.05) is 6.07 Å². The molecule has 4 rings (SSSR count). The van der Waals surface area contributed by atoms with Crippen LogP contribution < -0.4 is 5.32 Å². The average Bonchev–Trinajstić information content (AvgIpc) is 2.73. The van der Waals surface area contributed by atoms with Crippen LogP contribution in [0.15, 0.2) is 60.7 Å². The van der Waals surface area contributed by atoms with Crippen molar-refractivity contribution >= 4 is 5.57 Å².